The molecule has 0 unspecified atom stereocenters. The van der Waals surface area contributed by atoms with Gasteiger partial charge >= 0.3 is 7.82 Å². The van der Waals surface area contributed by atoms with E-state index in [-0.39, 0.29) is 20.2 Å². The minimum absolute atomic E-state index is 0.176. The van der Waals surface area contributed by atoms with E-state index in [1.807, 2.05) is 0 Å². The zero-order valence-corrected chi connectivity index (χ0v) is 8.99. The van der Waals surface area contributed by atoms with Crippen molar-refractivity contribution in [2.75, 3.05) is 34.4 Å². The first-order chi connectivity index (χ1) is 6.68. The second kappa shape index (κ2) is 7.94. The maximum absolute atomic E-state index is 11.6. The summed E-state index contributed by atoms with van der Waals surface area (Å²) in [5.74, 6) is 2.14. The van der Waals surface area contributed by atoms with Crippen LogP contribution in [0.3, 0.4) is 0 Å². The molecule has 7 heteroatoms. The second-order valence-corrected chi connectivity index (χ2v) is 3.67. The van der Waals surface area contributed by atoms with Gasteiger partial charge in [-0.1, -0.05) is 5.92 Å². The Morgan fingerprint density at radius 3 is 2.00 bits per heavy atom. The average Bonchev–Trinajstić information content (AvgIpc) is 2.21. The highest BCUT2D eigenvalue weighted by Crippen LogP contribution is 2.48. The molecule has 14 heavy (non-hydrogen) atoms. The predicted octanol–water partition coefficient (Wildman–Crippen LogP) is 0.985. The predicted molar refractivity (Wildman–Crippen MR) is 48.3 cm³/mol. The fourth-order valence-corrected chi connectivity index (χ4v) is 1.39. The van der Waals surface area contributed by atoms with Crippen molar-refractivity contribution in [1.29, 1.82) is 0 Å². The zero-order valence-electron chi connectivity index (χ0n) is 8.10. The van der Waals surface area contributed by atoms with Crippen LogP contribution in [-0.2, 0) is 27.6 Å². The number of phosphoric ester groups is 1. The normalized spacial score (nSPS) is 11.2. The van der Waals surface area contributed by atoms with Gasteiger partial charge in [-0.25, -0.2) is 4.57 Å². The third-order valence-electron chi connectivity index (χ3n) is 0.963. The molecule has 0 fully saturated rings. The van der Waals surface area contributed by atoms with E-state index < -0.39 is 7.82 Å². The van der Waals surface area contributed by atoms with Crippen LogP contribution in [0, 0.1) is 12.3 Å². The Kier molecular flexibility index (Phi) is 7.71. The summed E-state index contributed by atoms with van der Waals surface area (Å²) >= 11 is 0. The van der Waals surface area contributed by atoms with Crippen molar-refractivity contribution in [1.82, 2.24) is 0 Å². The van der Waals surface area contributed by atoms with E-state index in [9.17, 15) is 4.57 Å². The summed E-state index contributed by atoms with van der Waals surface area (Å²) in [6, 6.07) is 0. The zero-order chi connectivity index (χ0) is 10.9. The van der Waals surface area contributed by atoms with Gasteiger partial charge in [0.05, 0.1) is 0 Å². The van der Waals surface area contributed by atoms with Crippen LogP contribution in [0.15, 0.2) is 0 Å². The van der Waals surface area contributed by atoms with E-state index in [0.717, 1.165) is 0 Å². The van der Waals surface area contributed by atoms with Crippen LogP contribution in [0.4, 0.5) is 0 Å². The molecule has 0 saturated carbocycles. The molecule has 0 amide bonds. The molecule has 0 rings (SSSR count). The molecule has 0 saturated heterocycles. The molecule has 0 aromatic rings. The number of phosphoric acid groups is 1. The van der Waals surface area contributed by atoms with Gasteiger partial charge in [-0.05, 0) is 0 Å². The average molecular weight is 224 g/mol. The van der Waals surface area contributed by atoms with Gasteiger partial charge in [0.25, 0.3) is 0 Å². The summed E-state index contributed by atoms with van der Waals surface area (Å²) in [4.78, 5) is 0. The van der Waals surface area contributed by atoms with Crippen molar-refractivity contribution in [3.63, 3.8) is 0 Å². The lowest BCUT2D eigenvalue weighted by atomic mass is 10.8. The van der Waals surface area contributed by atoms with Crippen molar-refractivity contribution in [2.45, 2.75) is 0 Å². The van der Waals surface area contributed by atoms with Crippen molar-refractivity contribution in [2.24, 2.45) is 0 Å². The minimum atomic E-state index is -3.66. The number of methoxy groups -OCH3 is 2. The Morgan fingerprint density at radius 2 is 1.64 bits per heavy atom. The van der Waals surface area contributed by atoms with E-state index in [2.05, 4.69) is 15.4 Å². The lowest BCUT2D eigenvalue weighted by Crippen LogP contribution is -2.04. The first-order valence-corrected chi connectivity index (χ1v) is 5.09. The van der Waals surface area contributed by atoms with E-state index >= 15 is 0 Å². The lowest BCUT2D eigenvalue weighted by Gasteiger charge is -2.15. The smallest absolute Gasteiger partial charge is 0.358 e. The van der Waals surface area contributed by atoms with Gasteiger partial charge in [-0.15, -0.1) is 6.42 Å². The van der Waals surface area contributed by atoms with E-state index in [1.54, 1.807) is 0 Å². The van der Waals surface area contributed by atoms with Gasteiger partial charge in [0.2, 0.25) is 0 Å². The van der Waals surface area contributed by atoms with Crippen molar-refractivity contribution >= 4 is 7.82 Å². The summed E-state index contributed by atoms with van der Waals surface area (Å²) < 4.78 is 34.8. The molecule has 0 heterocycles. The van der Waals surface area contributed by atoms with E-state index in [1.165, 1.54) is 14.2 Å². The Labute approximate surface area is 83.0 Å². The van der Waals surface area contributed by atoms with E-state index in [0.29, 0.717) is 0 Å². The van der Waals surface area contributed by atoms with Crippen LogP contribution in [0.25, 0.3) is 0 Å². The van der Waals surface area contributed by atoms with Crippen LogP contribution in [-0.4, -0.2) is 34.4 Å². The highest BCUT2D eigenvalue weighted by molar-refractivity contribution is 7.48. The van der Waals surface area contributed by atoms with Crippen LogP contribution in [0.2, 0.25) is 0 Å². The third kappa shape index (κ3) is 6.11. The Morgan fingerprint density at radius 1 is 1.14 bits per heavy atom. The molecule has 0 aromatic heterocycles. The van der Waals surface area contributed by atoms with Gasteiger partial charge in [-0.2, -0.15) is 0 Å². The number of hydrogen-bond acceptors (Lipinski definition) is 6. The summed E-state index contributed by atoms with van der Waals surface area (Å²) in [7, 11) is -0.908. The first-order valence-electron chi connectivity index (χ1n) is 3.63. The van der Waals surface area contributed by atoms with Gasteiger partial charge in [0.15, 0.2) is 13.6 Å². The summed E-state index contributed by atoms with van der Waals surface area (Å²) in [5, 5.41) is 0. The maximum Gasteiger partial charge on any atom is 0.479 e. The summed E-state index contributed by atoms with van der Waals surface area (Å²) in [6.07, 6.45) is 4.92. The quantitative estimate of drug-likeness (QED) is 0.348. The van der Waals surface area contributed by atoms with Gasteiger partial charge in [-0.3, -0.25) is 13.6 Å². The molecular weight excluding hydrogens is 211 g/mol. The fourth-order valence-electron chi connectivity index (χ4n) is 0.463. The molecule has 0 aromatic carbocycles. The van der Waals surface area contributed by atoms with Crippen molar-refractivity contribution in [3.05, 3.63) is 0 Å². The Balaban J connectivity index is 4.05. The molecule has 6 nitrogen and oxygen atoms in total. The topological polar surface area (TPSA) is 63.2 Å². The van der Waals surface area contributed by atoms with Gasteiger partial charge in [0.1, 0.15) is 6.61 Å². The molecule has 0 spiro atoms. The minimum Gasteiger partial charge on any atom is -0.358 e. The maximum atomic E-state index is 11.6. The van der Waals surface area contributed by atoms with Crippen LogP contribution < -0.4 is 0 Å². The van der Waals surface area contributed by atoms with Crippen LogP contribution >= 0.6 is 7.82 Å². The third-order valence-corrected chi connectivity index (χ3v) is 2.25. The highest BCUT2D eigenvalue weighted by atomic mass is 31.2. The summed E-state index contributed by atoms with van der Waals surface area (Å²) in [5.41, 5.74) is 0. The molecule has 0 bridgehead atoms. The second-order valence-electron chi connectivity index (χ2n) is 2.00. The first kappa shape index (κ1) is 13.6. The molecule has 0 radical (unpaired) electrons. The van der Waals surface area contributed by atoms with Crippen molar-refractivity contribution < 1.29 is 27.6 Å². The van der Waals surface area contributed by atoms with Gasteiger partial charge < -0.3 is 9.47 Å². The molecule has 0 aliphatic heterocycles. The molecule has 0 aliphatic rings. The number of ether oxygens (including phenoxy) is 2. The molecule has 0 atom stereocenters. The molecule has 0 aliphatic carbocycles. The highest BCUT2D eigenvalue weighted by Gasteiger charge is 2.26. The Bertz CT molecular complexity index is 211. The molecular formula is C7H13O6P. The summed E-state index contributed by atoms with van der Waals surface area (Å²) in [6.45, 7) is -0.609. The molecule has 82 valence electrons. The Hall–Kier alpha value is -0.410. The number of rotatable bonds is 8. The SMILES string of the molecule is C#CCOP(=O)(OCOC)OCOC. The van der Waals surface area contributed by atoms with Crippen LogP contribution in [0.5, 0.6) is 0 Å². The largest absolute Gasteiger partial charge is 0.479 e. The van der Waals surface area contributed by atoms with Crippen molar-refractivity contribution in [3.8, 4) is 12.3 Å². The van der Waals surface area contributed by atoms with E-state index in [4.69, 9.17) is 20.0 Å². The van der Waals surface area contributed by atoms with Gasteiger partial charge in [0, 0.05) is 14.2 Å². The van der Waals surface area contributed by atoms with Crippen LogP contribution in [0.1, 0.15) is 0 Å². The number of hydrogen-bond donors (Lipinski definition) is 0. The molecule has 0 N–H and O–H groups in total. The lowest BCUT2D eigenvalue weighted by molar-refractivity contribution is -0.0219. The standard InChI is InChI=1S/C7H13O6P/c1-4-5-11-14(8,12-6-9-2)13-7-10-3/h1H,5-7H2,2-3H3. The number of terminal acetylenes is 1. The monoisotopic (exact) mass is 224 g/mol. The fraction of sp³-hybridized carbons (Fsp3) is 0.714.